The third kappa shape index (κ3) is 3.86. The number of carboxylic acid groups (broad SMARTS) is 1. The average molecular weight is 390 g/mol. The second-order valence-corrected chi connectivity index (χ2v) is 6.47. The lowest BCUT2D eigenvalue weighted by molar-refractivity contribution is -0.115. The number of rotatable bonds is 5. The molecule has 140 valence electrons. The van der Waals surface area contributed by atoms with E-state index in [0.717, 1.165) is 11.3 Å². The Hall–Kier alpha value is -3.12. The summed E-state index contributed by atoms with van der Waals surface area (Å²) in [5.74, 6) is -2.56. The highest BCUT2D eigenvalue weighted by Crippen LogP contribution is 2.30. The Morgan fingerprint density at radius 3 is 2.93 bits per heavy atom. The first-order chi connectivity index (χ1) is 12.9. The SMILES string of the molecule is CO/N=C(\C(=O)N[C@H]1Cc2cccc(C(=O)O)c2OB1O)c1csc(N)n1. The van der Waals surface area contributed by atoms with Crippen LogP contribution in [0.4, 0.5) is 5.13 Å². The van der Waals surface area contributed by atoms with Gasteiger partial charge in [0.05, 0.1) is 11.5 Å². The number of carbonyl (C=O) groups is 2. The van der Waals surface area contributed by atoms with Crippen LogP contribution in [0.5, 0.6) is 5.75 Å². The van der Waals surface area contributed by atoms with Gasteiger partial charge in [0, 0.05) is 5.38 Å². The summed E-state index contributed by atoms with van der Waals surface area (Å²) in [7, 11) is -0.156. The highest BCUT2D eigenvalue weighted by atomic mass is 32.1. The molecule has 1 aliphatic rings. The molecule has 0 radical (unpaired) electrons. The number of nitrogen functional groups attached to an aromatic ring is 1. The minimum absolute atomic E-state index is 0.0593. The van der Waals surface area contributed by atoms with Crippen LogP contribution in [-0.2, 0) is 16.1 Å². The Bertz CT molecular complexity index is 917. The van der Waals surface area contributed by atoms with Crippen molar-refractivity contribution >= 4 is 41.2 Å². The van der Waals surface area contributed by atoms with Crippen molar-refractivity contribution in [3.8, 4) is 5.75 Å². The van der Waals surface area contributed by atoms with Crippen LogP contribution >= 0.6 is 11.3 Å². The van der Waals surface area contributed by atoms with Gasteiger partial charge in [0.1, 0.15) is 18.6 Å². The third-order valence-corrected chi connectivity index (χ3v) is 4.50. The minimum atomic E-state index is -1.44. The van der Waals surface area contributed by atoms with Crippen LogP contribution in [0, 0.1) is 0 Å². The standard InChI is InChI=1S/C15H15BN4O6S/c1-25-20-11(9-6-27-15(17)18-9)13(21)19-10-5-7-3-2-4-8(14(22)23)12(7)26-16(10)24/h2-4,6,10,24H,5H2,1H3,(H2,17,18)(H,19,21)(H,22,23)/b20-11-/t10-/m0/s1. The highest BCUT2D eigenvalue weighted by Gasteiger charge is 2.38. The number of nitrogens with zero attached hydrogens (tertiary/aromatic N) is 2. The number of para-hydroxylation sites is 1. The first kappa shape index (κ1) is 18.7. The van der Waals surface area contributed by atoms with Gasteiger partial charge in [-0.05, 0) is 18.1 Å². The number of carbonyl (C=O) groups excluding carboxylic acids is 1. The van der Waals surface area contributed by atoms with E-state index in [2.05, 4.69) is 15.5 Å². The highest BCUT2D eigenvalue weighted by molar-refractivity contribution is 7.13. The van der Waals surface area contributed by atoms with Gasteiger partial charge in [0.2, 0.25) is 0 Å². The Kier molecular flexibility index (Phi) is 5.28. The zero-order chi connectivity index (χ0) is 19.6. The summed E-state index contributed by atoms with van der Waals surface area (Å²) < 4.78 is 5.34. The summed E-state index contributed by atoms with van der Waals surface area (Å²) in [5, 5.41) is 27.5. The summed E-state index contributed by atoms with van der Waals surface area (Å²) in [5.41, 5.74) is 6.20. The number of oxime groups is 1. The molecule has 1 aromatic heterocycles. The molecule has 27 heavy (non-hydrogen) atoms. The maximum Gasteiger partial charge on any atom is 0.547 e. The van der Waals surface area contributed by atoms with Crippen molar-refractivity contribution < 1.29 is 29.2 Å². The average Bonchev–Trinajstić information content (AvgIpc) is 3.05. The van der Waals surface area contributed by atoms with E-state index in [-0.39, 0.29) is 34.3 Å². The van der Waals surface area contributed by atoms with E-state index in [1.165, 1.54) is 13.2 Å². The van der Waals surface area contributed by atoms with Crippen LogP contribution in [0.15, 0.2) is 28.7 Å². The normalized spacial score (nSPS) is 16.3. The summed E-state index contributed by atoms with van der Waals surface area (Å²) in [6.45, 7) is 0. The number of thiazole rings is 1. The number of anilines is 1. The maximum atomic E-state index is 12.6. The summed E-state index contributed by atoms with van der Waals surface area (Å²) >= 11 is 1.14. The molecule has 2 heterocycles. The molecule has 3 rings (SSSR count). The Morgan fingerprint density at radius 2 is 2.30 bits per heavy atom. The van der Waals surface area contributed by atoms with Crippen molar-refractivity contribution in [3.63, 3.8) is 0 Å². The molecule has 0 bridgehead atoms. The van der Waals surface area contributed by atoms with Gasteiger partial charge < -0.3 is 30.7 Å². The maximum absolute atomic E-state index is 12.6. The molecule has 0 saturated heterocycles. The molecule has 5 N–H and O–H groups in total. The molecule has 10 nitrogen and oxygen atoms in total. The molecular formula is C15H15BN4O6S. The van der Waals surface area contributed by atoms with Crippen LogP contribution in [-0.4, -0.2) is 52.9 Å². The number of hydrogen-bond donors (Lipinski definition) is 4. The number of aromatic nitrogens is 1. The van der Waals surface area contributed by atoms with Gasteiger partial charge >= 0.3 is 13.1 Å². The van der Waals surface area contributed by atoms with E-state index in [1.54, 1.807) is 17.5 Å². The van der Waals surface area contributed by atoms with Gasteiger partial charge in [-0.1, -0.05) is 17.3 Å². The van der Waals surface area contributed by atoms with Gasteiger partial charge in [-0.15, -0.1) is 11.3 Å². The fourth-order valence-electron chi connectivity index (χ4n) is 2.65. The van der Waals surface area contributed by atoms with E-state index < -0.39 is 24.9 Å². The number of fused-ring (bicyclic) bond motifs is 1. The predicted octanol–water partition coefficient (Wildman–Crippen LogP) is -0.0864. The number of hydrogen-bond acceptors (Lipinski definition) is 9. The molecule has 12 heteroatoms. The fourth-order valence-corrected chi connectivity index (χ4v) is 3.19. The number of amides is 1. The Balaban J connectivity index is 1.81. The van der Waals surface area contributed by atoms with Crippen molar-refractivity contribution in [2.75, 3.05) is 12.8 Å². The molecule has 2 aromatic rings. The van der Waals surface area contributed by atoms with E-state index in [9.17, 15) is 19.7 Å². The van der Waals surface area contributed by atoms with Crippen LogP contribution in [0.3, 0.4) is 0 Å². The van der Waals surface area contributed by atoms with Crippen LogP contribution in [0.1, 0.15) is 21.6 Å². The first-order valence-electron chi connectivity index (χ1n) is 7.74. The van der Waals surface area contributed by atoms with Crippen LogP contribution in [0.2, 0.25) is 0 Å². The molecule has 0 spiro atoms. The second kappa shape index (κ2) is 7.64. The smallest absolute Gasteiger partial charge is 0.534 e. The molecule has 0 aliphatic carbocycles. The quantitative estimate of drug-likeness (QED) is 0.314. The van der Waals surface area contributed by atoms with Gasteiger partial charge in [0.15, 0.2) is 10.8 Å². The van der Waals surface area contributed by atoms with Gasteiger partial charge in [0.25, 0.3) is 5.91 Å². The van der Waals surface area contributed by atoms with Crippen LogP contribution in [0.25, 0.3) is 0 Å². The molecule has 0 fully saturated rings. The molecule has 1 aliphatic heterocycles. The lowest BCUT2D eigenvalue weighted by Gasteiger charge is -2.28. The number of carboxylic acids is 1. The number of nitrogens with two attached hydrogens (primary N) is 1. The van der Waals surface area contributed by atoms with Crippen molar-refractivity contribution in [1.82, 2.24) is 10.3 Å². The summed E-state index contributed by atoms with van der Waals surface area (Å²) in [6.07, 6.45) is 0.169. The van der Waals surface area contributed by atoms with Gasteiger partial charge in [-0.2, -0.15) is 0 Å². The Labute approximate surface area is 157 Å². The van der Waals surface area contributed by atoms with Crippen molar-refractivity contribution in [3.05, 3.63) is 40.4 Å². The van der Waals surface area contributed by atoms with Crippen molar-refractivity contribution in [2.24, 2.45) is 5.16 Å². The van der Waals surface area contributed by atoms with Crippen molar-refractivity contribution in [1.29, 1.82) is 0 Å². The zero-order valence-electron chi connectivity index (χ0n) is 14.1. The summed E-state index contributed by atoms with van der Waals surface area (Å²) in [6, 6.07) is 4.61. The lowest BCUT2D eigenvalue weighted by Crippen LogP contribution is -2.54. The number of benzene rings is 1. The summed E-state index contributed by atoms with van der Waals surface area (Å²) in [4.78, 5) is 32.6. The third-order valence-electron chi connectivity index (χ3n) is 3.83. The monoisotopic (exact) mass is 390 g/mol. The van der Waals surface area contributed by atoms with Gasteiger partial charge in [-0.3, -0.25) is 4.79 Å². The van der Waals surface area contributed by atoms with Crippen molar-refractivity contribution in [2.45, 2.75) is 12.4 Å². The van der Waals surface area contributed by atoms with E-state index in [4.69, 9.17) is 15.2 Å². The van der Waals surface area contributed by atoms with E-state index in [0.29, 0.717) is 5.56 Å². The molecule has 0 saturated carbocycles. The fraction of sp³-hybridized carbons (Fsp3) is 0.200. The minimum Gasteiger partial charge on any atom is -0.534 e. The second-order valence-electron chi connectivity index (χ2n) is 5.58. The molecule has 1 aromatic carbocycles. The Morgan fingerprint density at radius 1 is 1.52 bits per heavy atom. The predicted molar refractivity (Wildman–Crippen MR) is 97.7 cm³/mol. The lowest BCUT2D eigenvalue weighted by atomic mass is 9.72. The van der Waals surface area contributed by atoms with E-state index in [1.807, 2.05) is 0 Å². The van der Waals surface area contributed by atoms with E-state index >= 15 is 0 Å². The zero-order valence-corrected chi connectivity index (χ0v) is 14.9. The largest absolute Gasteiger partial charge is 0.547 e. The first-order valence-corrected chi connectivity index (χ1v) is 8.62. The van der Waals surface area contributed by atoms with Crippen LogP contribution < -0.4 is 15.7 Å². The molecule has 1 atom stereocenters. The molecule has 1 amide bonds. The number of nitrogens with one attached hydrogen (secondary N) is 1. The topological polar surface area (TPSA) is 156 Å². The van der Waals surface area contributed by atoms with Gasteiger partial charge in [-0.25, -0.2) is 9.78 Å². The molecule has 0 unspecified atom stereocenters. The number of aromatic carboxylic acids is 1. The molecular weight excluding hydrogens is 375 g/mol.